The summed E-state index contributed by atoms with van der Waals surface area (Å²) < 4.78 is 13.1. The third-order valence-corrected chi connectivity index (χ3v) is 6.87. The molecule has 0 amide bonds. The van der Waals surface area contributed by atoms with Gasteiger partial charge in [-0.2, -0.15) is 0 Å². The van der Waals surface area contributed by atoms with Crippen LogP contribution in [0.5, 0.6) is 0 Å². The van der Waals surface area contributed by atoms with Crippen LogP contribution >= 0.6 is 0 Å². The summed E-state index contributed by atoms with van der Waals surface area (Å²) in [5.41, 5.74) is 7.74. The zero-order valence-electron chi connectivity index (χ0n) is 21.1. The molecule has 2 nitrogen and oxygen atoms in total. The van der Waals surface area contributed by atoms with Gasteiger partial charge in [-0.25, -0.2) is 0 Å². The van der Waals surface area contributed by atoms with Gasteiger partial charge in [-0.1, -0.05) is 91.0 Å². The molecule has 0 bridgehead atoms. The molecule has 1 aliphatic heterocycles. The van der Waals surface area contributed by atoms with Crippen molar-refractivity contribution in [2.75, 3.05) is 0 Å². The highest BCUT2D eigenvalue weighted by Crippen LogP contribution is 2.33. The molecule has 4 aromatic rings. The monoisotopic (exact) mass is 460 g/mol. The average molecular weight is 460 g/mol. The second-order valence-electron chi connectivity index (χ2n) is 10.7. The van der Waals surface area contributed by atoms with Gasteiger partial charge in [0.2, 0.25) is 0 Å². The molecule has 176 valence electrons. The van der Waals surface area contributed by atoms with Crippen LogP contribution in [0.15, 0.2) is 103 Å². The predicted molar refractivity (Wildman–Crippen MR) is 148 cm³/mol. The van der Waals surface area contributed by atoms with E-state index in [-0.39, 0.29) is 11.2 Å². The van der Waals surface area contributed by atoms with Crippen molar-refractivity contribution in [3.63, 3.8) is 0 Å². The Bertz CT molecular complexity index is 1290. The molecule has 1 saturated heterocycles. The molecule has 1 aliphatic rings. The van der Waals surface area contributed by atoms with Crippen LogP contribution < -0.4 is 5.46 Å². The minimum Gasteiger partial charge on any atom is -0.402 e. The van der Waals surface area contributed by atoms with Crippen LogP contribution in [0.2, 0.25) is 0 Å². The van der Waals surface area contributed by atoms with E-state index in [2.05, 4.69) is 131 Å². The Hall–Kier alpha value is -3.14. The van der Waals surface area contributed by atoms with Gasteiger partial charge in [-0.3, -0.25) is 0 Å². The molecule has 0 spiro atoms. The highest BCUT2D eigenvalue weighted by atomic mass is 16.6. The van der Waals surface area contributed by atoms with Gasteiger partial charge in [0, 0.05) is 11.2 Å². The average Bonchev–Trinajstić information content (AvgIpc) is 2.99. The number of hydrogen-bond donors (Lipinski definition) is 0. The summed E-state index contributed by atoms with van der Waals surface area (Å²) in [6, 6.07) is 36.5. The summed E-state index contributed by atoms with van der Waals surface area (Å²) in [7, 11) is -0.413. The summed E-state index contributed by atoms with van der Waals surface area (Å²) in [4.78, 5) is 0. The van der Waals surface area contributed by atoms with E-state index < -0.39 is 7.12 Å². The first-order valence-electron chi connectivity index (χ1n) is 12.5. The SMILES string of the molecule is CC1(C)CCC(C)(C)OB(c2ccccc2-c2cccc(-c3cccc(-c4ccccc4)c3)c2)O1. The zero-order chi connectivity index (χ0) is 24.5. The van der Waals surface area contributed by atoms with Crippen LogP contribution in [-0.4, -0.2) is 18.3 Å². The molecule has 1 heterocycles. The zero-order valence-corrected chi connectivity index (χ0v) is 21.1. The van der Waals surface area contributed by atoms with Gasteiger partial charge in [0.25, 0.3) is 0 Å². The maximum Gasteiger partial charge on any atom is 0.495 e. The number of hydrogen-bond acceptors (Lipinski definition) is 2. The molecule has 1 fully saturated rings. The molecule has 0 unspecified atom stereocenters. The highest BCUT2D eigenvalue weighted by Gasteiger charge is 2.40. The Morgan fingerprint density at radius 1 is 0.514 bits per heavy atom. The van der Waals surface area contributed by atoms with E-state index in [0.29, 0.717) is 0 Å². The maximum atomic E-state index is 6.54. The Balaban J connectivity index is 1.53. The first kappa shape index (κ1) is 23.6. The minimum absolute atomic E-state index is 0.245. The third-order valence-electron chi connectivity index (χ3n) is 6.87. The van der Waals surface area contributed by atoms with Crippen molar-refractivity contribution < 1.29 is 9.31 Å². The normalized spacial score (nSPS) is 17.1. The largest absolute Gasteiger partial charge is 0.495 e. The summed E-state index contributed by atoms with van der Waals surface area (Å²) in [5, 5.41) is 0. The van der Waals surface area contributed by atoms with Gasteiger partial charge < -0.3 is 9.31 Å². The van der Waals surface area contributed by atoms with E-state index >= 15 is 0 Å². The van der Waals surface area contributed by atoms with Crippen molar-refractivity contribution in [1.29, 1.82) is 0 Å². The lowest BCUT2D eigenvalue weighted by Crippen LogP contribution is -2.45. The van der Waals surface area contributed by atoms with E-state index in [1.54, 1.807) is 0 Å². The van der Waals surface area contributed by atoms with Gasteiger partial charge in [-0.15, -0.1) is 0 Å². The molecule has 35 heavy (non-hydrogen) atoms. The van der Waals surface area contributed by atoms with Crippen molar-refractivity contribution in [2.24, 2.45) is 0 Å². The topological polar surface area (TPSA) is 18.5 Å². The van der Waals surface area contributed by atoms with Crippen molar-refractivity contribution in [3.8, 4) is 33.4 Å². The Kier molecular flexibility index (Phi) is 6.40. The van der Waals surface area contributed by atoms with Crippen LogP contribution in [0.25, 0.3) is 33.4 Å². The molecule has 3 heteroatoms. The highest BCUT2D eigenvalue weighted by molar-refractivity contribution is 6.63. The molecular formula is C32H33BO2. The van der Waals surface area contributed by atoms with Crippen molar-refractivity contribution in [3.05, 3.63) is 103 Å². The summed E-state index contributed by atoms with van der Waals surface area (Å²) in [6.07, 6.45) is 1.93. The number of benzene rings is 4. The Labute approximate surface area is 210 Å². The third kappa shape index (κ3) is 5.42. The molecule has 0 N–H and O–H groups in total. The molecule has 0 radical (unpaired) electrons. The summed E-state index contributed by atoms with van der Waals surface area (Å²) in [6.45, 7) is 8.64. The van der Waals surface area contributed by atoms with Gasteiger partial charge in [0.1, 0.15) is 0 Å². The maximum absolute atomic E-state index is 6.54. The fourth-order valence-electron chi connectivity index (χ4n) is 4.79. The molecule has 0 aliphatic carbocycles. The molecule has 4 aromatic carbocycles. The lowest BCUT2D eigenvalue weighted by molar-refractivity contribution is 0.0710. The molecule has 0 saturated carbocycles. The fourth-order valence-corrected chi connectivity index (χ4v) is 4.79. The quantitative estimate of drug-likeness (QED) is 0.290. The van der Waals surface area contributed by atoms with E-state index in [1.807, 2.05) is 0 Å². The Morgan fingerprint density at radius 2 is 0.971 bits per heavy atom. The van der Waals surface area contributed by atoms with Gasteiger partial charge in [0.05, 0.1) is 0 Å². The standard InChI is InChI=1S/C32H33BO2/c1-31(2)20-21-32(3,4)35-33(34-31)30-19-9-8-18-29(30)28-17-11-16-27(23-28)26-15-10-14-25(22-26)24-12-6-5-7-13-24/h5-19,22-23H,20-21H2,1-4H3. The first-order chi connectivity index (χ1) is 16.8. The van der Waals surface area contributed by atoms with Crippen LogP contribution in [0.4, 0.5) is 0 Å². The smallest absolute Gasteiger partial charge is 0.402 e. The van der Waals surface area contributed by atoms with Crippen LogP contribution in [0.1, 0.15) is 40.5 Å². The molecule has 5 rings (SSSR count). The van der Waals surface area contributed by atoms with Crippen molar-refractivity contribution >= 4 is 12.6 Å². The molecule has 0 atom stereocenters. The van der Waals surface area contributed by atoms with Crippen LogP contribution in [-0.2, 0) is 9.31 Å². The summed E-state index contributed by atoms with van der Waals surface area (Å²) in [5.74, 6) is 0. The van der Waals surface area contributed by atoms with Crippen molar-refractivity contribution in [1.82, 2.24) is 0 Å². The van der Waals surface area contributed by atoms with Gasteiger partial charge in [-0.05, 0) is 91.5 Å². The van der Waals surface area contributed by atoms with Crippen molar-refractivity contribution in [2.45, 2.75) is 51.7 Å². The summed E-state index contributed by atoms with van der Waals surface area (Å²) >= 11 is 0. The van der Waals surface area contributed by atoms with E-state index in [9.17, 15) is 0 Å². The predicted octanol–water partition coefficient (Wildman–Crippen LogP) is 7.77. The van der Waals surface area contributed by atoms with Crippen LogP contribution in [0, 0.1) is 0 Å². The molecule has 0 aromatic heterocycles. The second-order valence-corrected chi connectivity index (χ2v) is 10.7. The Morgan fingerprint density at radius 3 is 1.60 bits per heavy atom. The first-order valence-corrected chi connectivity index (χ1v) is 12.5. The molecular weight excluding hydrogens is 427 g/mol. The fraction of sp³-hybridized carbons (Fsp3) is 0.250. The van der Waals surface area contributed by atoms with E-state index in [0.717, 1.165) is 29.4 Å². The van der Waals surface area contributed by atoms with Crippen LogP contribution in [0.3, 0.4) is 0 Å². The lowest BCUT2D eigenvalue weighted by Gasteiger charge is -2.28. The van der Waals surface area contributed by atoms with Gasteiger partial charge >= 0.3 is 7.12 Å². The lowest BCUT2D eigenvalue weighted by atomic mass is 9.73. The second kappa shape index (κ2) is 9.49. The number of rotatable bonds is 4. The van der Waals surface area contributed by atoms with Gasteiger partial charge in [0.15, 0.2) is 0 Å². The van der Waals surface area contributed by atoms with E-state index in [4.69, 9.17) is 9.31 Å². The minimum atomic E-state index is -0.413. The van der Waals surface area contributed by atoms with E-state index in [1.165, 1.54) is 22.3 Å².